The van der Waals surface area contributed by atoms with Crippen LogP contribution in [-0.2, 0) is 9.53 Å². The fourth-order valence-electron chi connectivity index (χ4n) is 3.18. The van der Waals surface area contributed by atoms with E-state index >= 15 is 0 Å². The van der Waals surface area contributed by atoms with Crippen LogP contribution in [0.25, 0.3) is 0 Å². The van der Waals surface area contributed by atoms with Crippen molar-refractivity contribution in [1.82, 2.24) is 4.90 Å². The van der Waals surface area contributed by atoms with Gasteiger partial charge >= 0.3 is 5.97 Å². The SMILES string of the molecule is CC(C)C[C@H](C(=O)OCC(=O)c1ccccc1)N1C(=O)c2ccccc2C1=O. The standard InChI is InChI=1S/C22H21NO5/c1-14(2)12-18(22(27)28-13-19(24)15-8-4-3-5-9-15)23-20(25)16-10-6-7-11-17(16)21(23)26/h3-11,14,18H,12-13H2,1-2H3/t18-/m1/s1. The van der Waals surface area contributed by atoms with E-state index in [1.165, 1.54) is 0 Å². The second kappa shape index (κ2) is 8.17. The zero-order chi connectivity index (χ0) is 20.3. The summed E-state index contributed by atoms with van der Waals surface area (Å²) >= 11 is 0. The van der Waals surface area contributed by atoms with Gasteiger partial charge in [-0.25, -0.2) is 4.79 Å². The molecular weight excluding hydrogens is 358 g/mol. The predicted molar refractivity (Wildman–Crippen MR) is 102 cm³/mol. The lowest BCUT2D eigenvalue weighted by Gasteiger charge is -2.25. The number of amides is 2. The lowest BCUT2D eigenvalue weighted by Crippen LogP contribution is -2.46. The topological polar surface area (TPSA) is 80.8 Å². The number of nitrogens with zero attached hydrogens (tertiary/aromatic N) is 1. The van der Waals surface area contributed by atoms with Gasteiger partial charge in [0.1, 0.15) is 6.04 Å². The second-order valence-corrected chi connectivity index (χ2v) is 7.07. The molecule has 0 saturated carbocycles. The number of Topliss-reactive ketones (excluding diaryl/α,β-unsaturated/α-hetero) is 1. The van der Waals surface area contributed by atoms with E-state index in [0.29, 0.717) is 5.56 Å². The van der Waals surface area contributed by atoms with Crippen molar-refractivity contribution in [2.24, 2.45) is 5.92 Å². The quantitative estimate of drug-likeness (QED) is 0.419. The molecule has 3 rings (SSSR count). The molecule has 0 radical (unpaired) electrons. The molecule has 0 fully saturated rings. The van der Waals surface area contributed by atoms with Gasteiger partial charge in [0.15, 0.2) is 12.4 Å². The van der Waals surface area contributed by atoms with Gasteiger partial charge in [-0.2, -0.15) is 0 Å². The zero-order valence-electron chi connectivity index (χ0n) is 15.8. The summed E-state index contributed by atoms with van der Waals surface area (Å²) in [4.78, 5) is 51.3. The molecule has 6 heteroatoms. The monoisotopic (exact) mass is 379 g/mol. The van der Waals surface area contributed by atoms with Crippen molar-refractivity contribution in [3.8, 4) is 0 Å². The maximum absolute atomic E-state index is 12.7. The Kier molecular flexibility index (Phi) is 5.68. The van der Waals surface area contributed by atoms with Crippen molar-refractivity contribution < 1.29 is 23.9 Å². The van der Waals surface area contributed by atoms with Crippen LogP contribution in [0.3, 0.4) is 0 Å². The minimum atomic E-state index is -1.07. The average Bonchev–Trinajstić information content (AvgIpc) is 2.95. The van der Waals surface area contributed by atoms with Crippen molar-refractivity contribution in [3.05, 3.63) is 71.3 Å². The Morgan fingerprint density at radius 2 is 1.43 bits per heavy atom. The number of benzene rings is 2. The number of hydrogen-bond donors (Lipinski definition) is 0. The summed E-state index contributed by atoms with van der Waals surface area (Å²) in [5, 5.41) is 0. The second-order valence-electron chi connectivity index (χ2n) is 7.07. The number of carbonyl (C=O) groups excluding carboxylic acids is 4. The minimum absolute atomic E-state index is 0.0340. The largest absolute Gasteiger partial charge is 0.456 e. The van der Waals surface area contributed by atoms with Gasteiger partial charge in [-0.05, 0) is 24.5 Å². The summed E-state index contributed by atoms with van der Waals surface area (Å²) in [6.07, 6.45) is 0.254. The molecule has 0 N–H and O–H groups in total. The molecule has 1 aliphatic heterocycles. The summed E-state index contributed by atoms with van der Waals surface area (Å²) in [6.45, 7) is 3.32. The predicted octanol–water partition coefficient (Wildman–Crippen LogP) is 3.12. The first-order valence-electron chi connectivity index (χ1n) is 9.12. The summed E-state index contributed by atoms with van der Waals surface area (Å²) in [7, 11) is 0. The molecule has 1 aliphatic rings. The Morgan fingerprint density at radius 1 is 0.893 bits per heavy atom. The van der Waals surface area contributed by atoms with Crippen LogP contribution in [-0.4, -0.2) is 41.1 Å². The summed E-state index contributed by atoms with van der Waals surface area (Å²) in [5.41, 5.74) is 0.972. The third-order valence-electron chi connectivity index (χ3n) is 4.55. The first-order valence-corrected chi connectivity index (χ1v) is 9.12. The van der Waals surface area contributed by atoms with Crippen LogP contribution < -0.4 is 0 Å². The van der Waals surface area contributed by atoms with Crippen LogP contribution in [0.2, 0.25) is 0 Å². The molecule has 6 nitrogen and oxygen atoms in total. The molecule has 1 atom stereocenters. The molecule has 0 spiro atoms. The molecule has 2 aromatic carbocycles. The van der Waals surface area contributed by atoms with Gasteiger partial charge < -0.3 is 4.74 Å². The van der Waals surface area contributed by atoms with Crippen LogP contribution in [0.15, 0.2) is 54.6 Å². The van der Waals surface area contributed by atoms with Gasteiger partial charge in [-0.15, -0.1) is 0 Å². The highest BCUT2D eigenvalue weighted by Gasteiger charge is 2.43. The van der Waals surface area contributed by atoms with E-state index in [0.717, 1.165) is 4.90 Å². The highest BCUT2D eigenvalue weighted by atomic mass is 16.5. The maximum atomic E-state index is 12.7. The van der Waals surface area contributed by atoms with Crippen molar-refractivity contribution in [3.63, 3.8) is 0 Å². The first kappa shape index (κ1) is 19.5. The number of imide groups is 1. The fraction of sp³-hybridized carbons (Fsp3) is 0.273. The van der Waals surface area contributed by atoms with Crippen LogP contribution in [0.5, 0.6) is 0 Å². The molecular formula is C22H21NO5. The number of esters is 1. The van der Waals surface area contributed by atoms with Crippen molar-refractivity contribution in [2.45, 2.75) is 26.3 Å². The Hall–Kier alpha value is -3.28. The van der Waals surface area contributed by atoms with E-state index in [1.54, 1.807) is 54.6 Å². The van der Waals surface area contributed by atoms with Crippen molar-refractivity contribution in [1.29, 1.82) is 0 Å². The molecule has 0 unspecified atom stereocenters. The van der Waals surface area contributed by atoms with Gasteiger partial charge in [0, 0.05) is 5.56 Å². The molecule has 0 aromatic heterocycles. The fourth-order valence-corrected chi connectivity index (χ4v) is 3.18. The molecule has 2 aromatic rings. The van der Waals surface area contributed by atoms with Crippen LogP contribution in [0.1, 0.15) is 51.3 Å². The summed E-state index contributed by atoms with van der Waals surface area (Å²) < 4.78 is 5.19. The number of ether oxygens (including phenoxy) is 1. The Bertz CT molecular complexity index is 885. The lowest BCUT2D eigenvalue weighted by atomic mass is 10.0. The Balaban J connectivity index is 1.77. The molecule has 1 heterocycles. The normalized spacial score (nSPS) is 14.2. The maximum Gasteiger partial charge on any atom is 0.329 e. The van der Waals surface area contributed by atoms with Gasteiger partial charge in [0.25, 0.3) is 11.8 Å². The van der Waals surface area contributed by atoms with E-state index < -0.39 is 30.4 Å². The van der Waals surface area contributed by atoms with Gasteiger partial charge in [-0.3, -0.25) is 19.3 Å². The molecule has 2 amide bonds. The third-order valence-corrected chi connectivity index (χ3v) is 4.55. The molecule has 144 valence electrons. The molecule has 0 aliphatic carbocycles. The van der Waals surface area contributed by atoms with Crippen LogP contribution >= 0.6 is 0 Å². The average molecular weight is 379 g/mol. The van der Waals surface area contributed by atoms with Gasteiger partial charge in [0.2, 0.25) is 0 Å². The molecule has 28 heavy (non-hydrogen) atoms. The number of rotatable bonds is 7. The van der Waals surface area contributed by atoms with E-state index in [4.69, 9.17) is 4.74 Å². The third kappa shape index (κ3) is 3.86. The number of hydrogen-bond acceptors (Lipinski definition) is 5. The smallest absolute Gasteiger partial charge is 0.329 e. The van der Waals surface area contributed by atoms with E-state index in [2.05, 4.69) is 0 Å². The van der Waals surface area contributed by atoms with Gasteiger partial charge in [0.05, 0.1) is 11.1 Å². The highest BCUT2D eigenvalue weighted by molar-refractivity contribution is 6.22. The van der Waals surface area contributed by atoms with E-state index in [9.17, 15) is 19.2 Å². The molecule has 0 saturated heterocycles. The summed E-state index contributed by atoms with van der Waals surface area (Å²) in [6, 6.07) is 13.9. The minimum Gasteiger partial charge on any atom is -0.456 e. The van der Waals surface area contributed by atoms with Crippen LogP contribution in [0.4, 0.5) is 0 Å². The lowest BCUT2D eigenvalue weighted by molar-refractivity contribution is -0.147. The van der Waals surface area contributed by atoms with E-state index in [-0.39, 0.29) is 29.2 Å². The molecule has 0 bridgehead atoms. The number of carbonyl (C=O) groups is 4. The Labute approximate surface area is 163 Å². The number of fused-ring (bicyclic) bond motifs is 1. The van der Waals surface area contributed by atoms with Gasteiger partial charge in [-0.1, -0.05) is 56.3 Å². The summed E-state index contributed by atoms with van der Waals surface area (Å²) in [5.74, 6) is -2.10. The van der Waals surface area contributed by atoms with E-state index in [1.807, 2.05) is 13.8 Å². The Morgan fingerprint density at radius 3 is 1.96 bits per heavy atom. The number of ketones is 1. The first-order chi connectivity index (χ1) is 13.4. The van der Waals surface area contributed by atoms with Crippen molar-refractivity contribution >= 4 is 23.6 Å². The highest BCUT2D eigenvalue weighted by Crippen LogP contribution is 2.27. The van der Waals surface area contributed by atoms with Crippen molar-refractivity contribution in [2.75, 3.05) is 6.61 Å². The van der Waals surface area contributed by atoms with Crippen LogP contribution in [0, 0.1) is 5.92 Å². The zero-order valence-corrected chi connectivity index (χ0v) is 15.8.